The third-order valence-corrected chi connectivity index (χ3v) is 5.00. The number of aromatic hydroxyl groups is 1. The van der Waals surface area contributed by atoms with E-state index >= 15 is 0 Å². The second kappa shape index (κ2) is 8.17. The van der Waals surface area contributed by atoms with Gasteiger partial charge in [0.25, 0.3) is 0 Å². The van der Waals surface area contributed by atoms with E-state index in [4.69, 9.17) is 4.74 Å². The summed E-state index contributed by atoms with van der Waals surface area (Å²) in [5, 5.41) is 10.3. The molecule has 1 aliphatic rings. The number of carbonyl (C=O) groups excluding carboxylic acids is 1. The van der Waals surface area contributed by atoms with Crippen molar-refractivity contribution in [2.75, 3.05) is 20.2 Å². The number of likely N-dealkylation sites (tertiary alicyclic amines) is 1. The molecule has 1 N–H and O–H groups in total. The van der Waals surface area contributed by atoms with Crippen LogP contribution in [0.2, 0.25) is 0 Å². The fourth-order valence-electron chi connectivity index (χ4n) is 3.57. The van der Waals surface area contributed by atoms with Crippen LogP contribution in [0, 0.1) is 5.92 Å². The van der Waals surface area contributed by atoms with Gasteiger partial charge >= 0.3 is 0 Å². The van der Waals surface area contributed by atoms with Gasteiger partial charge in [0.2, 0.25) is 0 Å². The topological polar surface area (TPSA) is 49.8 Å². The van der Waals surface area contributed by atoms with Gasteiger partial charge in [-0.05, 0) is 56.0 Å². The number of hydrogen-bond donors (Lipinski definition) is 1. The lowest BCUT2D eigenvalue weighted by atomic mass is 9.90. The maximum atomic E-state index is 11.1. The standard InChI is InChI=1S/C21H25NO3/c1-25-20-13-18(15-23)12-19(21(20)24)14-22-9-7-17(8-10-22)11-16-5-3-2-4-6-16/h2-6,12-13,15,17,24H,7-11,14H2,1H3. The lowest BCUT2D eigenvalue weighted by Gasteiger charge is -2.32. The van der Waals surface area contributed by atoms with Crippen LogP contribution in [-0.4, -0.2) is 36.5 Å². The minimum Gasteiger partial charge on any atom is -0.504 e. The first-order valence-corrected chi connectivity index (χ1v) is 8.81. The number of phenolic OH excluding ortho intramolecular Hbond substituents is 1. The summed E-state index contributed by atoms with van der Waals surface area (Å²) in [5.74, 6) is 1.21. The number of benzene rings is 2. The molecule has 4 heteroatoms. The Morgan fingerprint density at radius 2 is 1.92 bits per heavy atom. The Balaban J connectivity index is 1.60. The Labute approximate surface area is 149 Å². The smallest absolute Gasteiger partial charge is 0.162 e. The summed E-state index contributed by atoms with van der Waals surface area (Å²) in [6.45, 7) is 2.65. The van der Waals surface area contributed by atoms with Crippen LogP contribution in [0.25, 0.3) is 0 Å². The first kappa shape index (κ1) is 17.5. The normalized spacial score (nSPS) is 15.9. The molecule has 25 heavy (non-hydrogen) atoms. The number of methoxy groups -OCH3 is 1. The highest BCUT2D eigenvalue weighted by molar-refractivity contribution is 5.77. The predicted molar refractivity (Wildman–Crippen MR) is 98.2 cm³/mol. The summed E-state index contributed by atoms with van der Waals surface area (Å²) in [4.78, 5) is 13.4. The molecule has 1 aliphatic heterocycles. The lowest BCUT2D eigenvalue weighted by Crippen LogP contribution is -2.33. The number of hydrogen-bond acceptors (Lipinski definition) is 4. The average Bonchev–Trinajstić information content (AvgIpc) is 2.66. The van der Waals surface area contributed by atoms with Crippen molar-refractivity contribution in [3.05, 3.63) is 59.2 Å². The summed E-state index contributed by atoms with van der Waals surface area (Å²) in [6, 6.07) is 14.0. The highest BCUT2D eigenvalue weighted by atomic mass is 16.5. The molecule has 3 rings (SSSR count). The van der Waals surface area contributed by atoms with Gasteiger partial charge in [-0.2, -0.15) is 0 Å². The Morgan fingerprint density at radius 1 is 1.20 bits per heavy atom. The van der Waals surface area contributed by atoms with Crippen molar-refractivity contribution in [2.24, 2.45) is 5.92 Å². The number of nitrogens with zero attached hydrogens (tertiary/aromatic N) is 1. The molecule has 1 saturated heterocycles. The van der Waals surface area contributed by atoms with E-state index in [2.05, 4.69) is 35.2 Å². The first-order chi connectivity index (χ1) is 12.2. The van der Waals surface area contributed by atoms with Gasteiger partial charge in [0, 0.05) is 17.7 Å². The fraction of sp³-hybridized carbons (Fsp3) is 0.381. The molecular weight excluding hydrogens is 314 g/mol. The maximum Gasteiger partial charge on any atom is 0.162 e. The van der Waals surface area contributed by atoms with E-state index in [1.54, 1.807) is 12.1 Å². The van der Waals surface area contributed by atoms with Crippen molar-refractivity contribution in [1.82, 2.24) is 4.90 Å². The van der Waals surface area contributed by atoms with Crippen LogP contribution < -0.4 is 4.74 Å². The number of phenols is 1. The third-order valence-electron chi connectivity index (χ3n) is 5.00. The first-order valence-electron chi connectivity index (χ1n) is 8.81. The molecule has 132 valence electrons. The van der Waals surface area contributed by atoms with Crippen LogP contribution in [0.1, 0.15) is 34.3 Å². The van der Waals surface area contributed by atoms with E-state index in [0.717, 1.165) is 44.2 Å². The monoisotopic (exact) mass is 339 g/mol. The lowest BCUT2D eigenvalue weighted by molar-refractivity contribution is 0.112. The molecule has 0 bridgehead atoms. The number of rotatable bonds is 6. The highest BCUT2D eigenvalue weighted by Crippen LogP contribution is 2.33. The molecule has 0 aliphatic carbocycles. The van der Waals surface area contributed by atoms with E-state index in [1.807, 2.05) is 0 Å². The molecule has 4 nitrogen and oxygen atoms in total. The zero-order valence-corrected chi connectivity index (χ0v) is 14.6. The van der Waals surface area contributed by atoms with Crippen LogP contribution >= 0.6 is 0 Å². The molecule has 0 aromatic heterocycles. The quantitative estimate of drug-likeness (QED) is 0.816. The van der Waals surface area contributed by atoms with Crippen LogP contribution in [0.3, 0.4) is 0 Å². The van der Waals surface area contributed by atoms with Gasteiger partial charge in [0.1, 0.15) is 6.29 Å². The molecule has 0 unspecified atom stereocenters. The minimum atomic E-state index is 0.138. The molecule has 0 spiro atoms. The number of ether oxygens (including phenoxy) is 1. The second-order valence-corrected chi connectivity index (χ2v) is 6.76. The fourth-order valence-corrected chi connectivity index (χ4v) is 3.57. The Hall–Kier alpha value is -2.33. The largest absolute Gasteiger partial charge is 0.504 e. The molecule has 0 saturated carbocycles. The number of aldehydes is 1. The zero-order valence-electron chi connectivity index (χ0n) is 14.6. The summed E-state index contributed by atoms with van der Waals surface area (Å²) >= 11 is 0. The van der Waals surface area contributed by atoms with Gasteiger partial charge < -0.3 is 9.84 Å². The molecule has 0 atom stereocenters. The van der Waals surface area contributed by atoms with Gasteiger partial charge in [-0.3, -0.25) is 9.69 Å². The van der Waals surface area contributed by atoms with E-state index in [-0.39, 0.29) is 5.75 Å². The van der Waals surface area contributed by atoms with Crippen LogP contribution in [0.4, 0.5) is 0 Å². The van der Waals surface area contributed by atoms with Gasteiger partial charge in [-0.1, -0.05) is 30.3 Å². The summed E-state index contributed by atoms with van der Waals surface area (Å²) in [6.07, 6.45) is 4.23. The van der Waals surface area contributed by atoms with E-state index in [1.165, 1.54) is 12.7 Å². The van der Waals surface area contributed by atoms with Gasteiger partial charge in [-0.15, -0.1) is 0 Å². The predicted octanol–water partition coefficient (Wildman–Crippen LogP) is 3.67. The van der Waals surface area contributed by atoms with E-state index < -0.39 is 0 Å². The van der Waals surface area contributed by atoms with Crippen LogP contribution in [-0.2, 0) is 13.0 Å². The molecule has 1 fully saturated rings. The van der Waals surface area contributed by atoms with Crippen molar-refractivity contribution in [3.63, 3.8) is 0 Å². The van der Waals surface area contributed by atoms with Crippen molar-refractivity contribution in [1.29, 1.82) is 0 Å². The molecule has 2 aromatic rings. The van der Waals surface area contributed by atoms with Crippen LogP contribution in [0.5, 0.6) is 11.5 Å². The average molecular weight is 339 g/mol. The summed E-state index contributed by atoms with van der Waals surface area (Å²) in [7, 11) is 1.50. The minimum absolute atomic E-state index is 0.138. The van der Waals surface area contributed by atoms with E-state index in [9.17, 15) is 9.90 Å². The summed E-state index contributed by atoms with van der Waals surface area (Å²) in [5.41, 5.74) is 2.69. The van der Waals surface area contributed by atoms with Crippen molar-refractivity contribution >= 4 is 6.29 Å². The maximum absolute atomic E-state index is 11.1. The van der Waals surface area contributed by atoms with Crippen LogP contribution in [0.15, 0.2) is 42.5 Å². The van der Waals surface area contributed by atoms with E-state index in [0.29, 0.717) is 23.8 Å². The SMILES string of the molecule is COc1cc(C=O)cc(CN2CCC(Cc3ccccc3)CC2)c1O. The molecule has 0 amide bonds. The summed E-state index contributed by atoms with van der Waals surface area (Å²) < 4.78 is 5.17. The van der Waals surface area contributed by atoms with Gasteiger partial charge in [0.05, 0.1) is 7.11 Å². The van der Waals surface area contributed by atoms with Crippen molar-refractivity contribution < 1.29 is 14.6 Å². The Morgan fingerprint density at radius 3 is 2.56 bits per heavy atom. The highest BCUT2D eigenvalue weighted by Gasteiger charge is 2.21. The Bertz CT molecular complexity index is 707. The third kappa shape index (κ3) is 4.40. The Kier molecular flexibility index (Phi) is 5.71. The number of carbonyl (C=O) groups is 1. The molecule has 2 aromatic carbocycles. The van der Waals surface area contributed by atoms with Crippen molar-refractivity contribution in [3.8, 4) is 11.5 Å². The molecule has 0 radical (unpaired) electrons. The second-order valence-electron chi connectivity index (χ2n) is 6.76. The molecule has 1 heterocycles. The van der Waals surface area contributed by atoms with Gasteiger partial charge in [0.15, 0.2) is 11.5 Å². The van der Waals surface area contributed by atoms with Gasteiger partial charge in [-0.25, -0.2) is 0 Å². The number of piperidine rings is 1. The van der Waals surface area contributed by atoms with Crippen molar-refractivity contribution in [2.45, 2.75) is 25.8 Å². The molecular formula is C21H25NO3. The zero-order chi connectivity index (χ0) is 17.6.